The van der Waals surface area contributed by atoms with Crippen molar-refractivity contribution in [3.8, 4) is 0 Å². The second-order valence-corrected chi connectivity index (χ2v) is 4.89. The number of ether oxygens (including phenoxy) is 1. The zero-order chi connectivity index (χ0) is 12.5. The summed E-state index contributed by atoms with van der Waals surface area (Å²) < 4.78 is 5.16. The van der Waals surface area contributed by atoms with Gasteiger partial charge < -0.3 is 20.5 Å². The Bertz CT molecular complexity index is 325. The van der Waals surface area contributed by atoms with Crippen LogP contribution in [-0.2, 0) is 14.3 Å². The van der Waals surface area contributed by atoms with Crippen LogP contribution in [0.4, 0.5) is 0 Å². The predicted octanol–water partition coefficient (Wildman–Crippen LogP) is -0.573. The Hall–Kier alpha value is -1.14. The predicted molar refractivity (Wildman–Crippen MR) is 59.3 cm³/mol. The van der Waals surface area contributed by atoms with E-state index in [-0.39, 0.29) is 19.1 Å². The lowest BCUT2D eigenvalue weighted by Gasteiger charge is -2.35. The van der Waals surface area contributed by atoms with E-state index in [1.807, 2.05) is 0 Å². The maximum atomic E-state index is 12.2. The van der Waals surface area contributed by atoms with Gasteiger partial charge in [-0.2, -0.15) is 0 Å². The summed E-state index contributed by atoms with van der Waals surface area (Å²) in [7, 11) is 0. The quantitative estimate of drug-likeness (QED) is 0.676. The van der Waals surface area contributed by atoms with Crippen molar-refractivity contribution in [2.24, 2.45) is 11.7 Å². The molecule has 0 radical (unpaired) electrons. The maximum Gasteiger partial charge on any atom is 0.308 e. The molecule has 2 aliphatic rings. The lowest BCUT2D eigenvalue weighted by atomic mass is 9.93. The van der Waals surface area contributed by atoms with Crippen LogP contribution < -0.4 is 5.73 Å². The van der Waals surface area contributed by atoms with E-state index in [4.69, 9.17) is 15.6 Å². The molecule has 2 aliphatic heterocycles. The van der Waals surface area contributed by atoms with Crippen molar-refractivity contribution < 1.29 is 19.4 Å². The molecule has 3 N–H and O–H groups in total. The van der Waals surface area contributed by atoms with Gasteiger partial charge in [0, 0.05) is 19.7 Å². The standard InChI is InChI=1S/C11H18N2O4/c12-11(3-5-17-7-11)10(16)13-4-1-2-8(6-13)9(14)15/h8H,1-7,12H2,(H,14,15)/t8-,11?/m0/s1. The molecule has 0 aromatic heterocycles. The number of hydrogen-bond acceptors (Lipinski definition) is 4. The fourth-order valence-electron chi connectivity index (χ4n) is 2.43. The van der Waals surface area contributed by atoms with Crippen molar-refractivity contribution in [1.82, 2.24) is 4.90 Å². The molecule has 1 amide bonds. The monoisotopic (exact) mass is 242 g/mol. The summed E-state index contributed by atoms with van der Waals surface area (Å²) in [4.78, 5) is 24.7. The van der Waals surface area contributed by atoms with Crippen molar-refractivity contribution in [3.05, 3.63) is 0 Å². The maximum absolute atomic E-state index is 12.2. The summed E-state index contributed by atoms with van der Waals surface area (Å²) in [5.74, 6) is -1.46. The molecule has 0 aromatic carbocycles. The van der Waals surface area contributed by atoms with E-state index in [2.05, 4.69) is 0 Å². The van der Waals surface area contributed by atoms with Crippen molar-refractivity contribution in [3.63, 3.8) is 0 Å². The highest BCUT2D eigenvalue weighted by molar-refractivity contribution is 5.87. The van der Waals surface area contributed by atoms with Crippen LogP contribution in [0, 0.1) is 5.92 Å². The molecule has 0 aromatic rings. The summed E-state index contributed by atoms with van der Waals surface area (Å²) in [5.41, 5.74) is 5.05. The van der Waals surface area contributed by atoms with Crippen LogP contribution >= 0.6 is 0 Å². The molecule has 0 aliphatic carbocycles. The fraction of sp³-hybridized carbons (Fsp3) is 0.818. The van der Waals surface area contributed by atoms with E-state index in [1.54, 1.807) is 4.90 Å². The van der Waals surface area contributed by atoms with Gasteiger partial charge in [-0.05, 0) is 19.3 Å². The Kier molecular flexibility index (Phi) is 3.35. The van der Waals surface area contributed by atoms with Crippen LogP contribution in [0.3, 0.4) is 0 Å². The summed E-state index contributed by atoms with van der Waals surface area (Å²) in [6.45, 7) is 1.60. The molecular weight excluding hydrogens is 224 g/mol. The minimum absolute atomic E-state index is 0.166. The molecule has 2 atom stereocenters. The second kappa shape index (κ2) is 4.62. The van der Waals surface area contributed by atoms with Crippen LogP contribution in [0.25, 0.3) is 0 Å². The second-order valence-electron chi connectivity index (χ2n) is 4.89. The van der Waals surface area contributed by atoms with Gasteiger partial charge in [0.05, 0.1) is 12.5 Å². The minimum atomic E-state index is -0.944. The third-order valence-electron chi connectivity index (χ3n) is 3.54. The number of carbonyl (C=O) groups is 2. The molecule has 2 fully saturated rings. The van der Waals surface area contributed by atoms with Crippen LogP contribution in [0.5, 0.6) is 0 Å². The number of nitrogens with zero attached hydrogens (tertiary/aromatic N) is 1. The van der Waals surface area contributed by atoms with Gasteiger partial charge in [-0.25, -0.2) is 0 Å². The molecule has 0 bridgehead atoms. The molecule has 0 spiro atoms. The number of likely N-dealkylation sites (tertiary alicyclic amines) is 1. The van der Waals surface area contributed by atoms with E-state index in [0.717, 1.165) is 6.42 Å². The lowest BCUT2D eigenvalue weighted by molar-refractivity contribution is -0.147. The molecule has 6 heteroatoms. The first-order valence-electron chi connectivity index (χ1n) is 5.92. The first-order valence-corrected chi connectivity index (χ1v) is 5.92. The number of carboxylic acids is 1. The molecular formula is C11H18N2O4. The number of carbonyl (C=O) groups excluding carboxylic acids is 1. The molecule has 2 rings (SSSR count). The Morgan fingerprint density at radius 3 is 2.82 bits per heavy atom. The molecule has 96 valence electrons. The van der Waals surface area contributed by atoms with Crippen molar-refractivity contribution in [2.75, 3.05) is 26.3 Å². The van der Waals surface area contributed by atoms with Crippen molar-refractivity contribution >= 4 is 11.9 Å². The van der Waals surface area contributed by atoms with Crippen molar-refractivity contribution in [1.29, 1.82) is 0 Å². The lowest BCUT2D eigenvalue weighted by Crippen LogP contribution is -2.58. The molecule has 2 saturated heterocycles. The third-order valence-corrected chi connectivity index (χ3v) is 3.54. The Labute approximate surface area is 99.7 Å². The number of aliphatic carboxylic acids is 1. The van der Waals surface area contributed by atoms with Gasteiger partial charge in [0.15, 0.2) is 0 Å². The average Bonchev–Trinajstić information content (AvgIpc) is 2.76. The van der Waals surface area contributed by atoms with Gasteiger partial charge in [-0.3, -0.25) is 9.59 Å². The number of amides is 1. The zero-order valence-electron chi connectivity index (χ0n) is 9.72. The Balaban J connectivity index is 2.01. The smallest absolute Gasteiger partial charge is 0.308 e. The number of carboxylic acid groups (broad SMARTS) is 1. The third kappa shape index (κ3) is 2.42. The number of piperidine rings is 1. The molecule has 0 saturated carbocycles. The Morgan fingerprint density at radius 2 is 2.24 bits per heavy atom. The van der Waals surface area contributed by atoms with Crippen LogP contribution in [0.15, 0.2) is 0 Å². The number of nitrogens with two attached hydrogens (primary N) is 1. The normalized spacial score (nSPS) is 33.7. The van der Waals surface area contributed by atoms with Gasteiger partial charge in [-0.15, -0.1) is 0 Å². The van der Waals surface area contributed by atoms with Gasteiger partial charge in [0.1, 0.15) is 5.54 Å². The van der Waals surface area contributed by atoms with Gasteiger partial charge in [0.2, 0.25) is 5.91 Å². The summed E-state index contributed by atoms with van der Waals surface area (Å²) in [5, 5.41) is 8.97. The summed E-state index contributed by atoms with van der Waals surface area (Å²) in [6.07, 6.45) is 1.87. The summed E-state index contributed by atoms with van der Waals surface area (Å²) in [6, 6.07) is 0. The first-order chi connectivity index (χ1) is 8.03. The first kappa shape index (κ1) is 12.3. The van der Waals surface area contributed by atoms with E-state index < -0.39 is 17.4 Å². The topological polar surface area (TPSA) is 92.9 Å². The van der Waals surface area contributed by atoms with E-state index >= 15 is 0 Å². The minimum Gasteiger partial charge on any atom is -0.481 e. The van der Waals surface area contributed by atoms with Crippen LogP contribution in [-0.4, -0.2) is 53.7 Å². The SMILES string of the molecule is NC1(C(=O)N2CCC[C@H](C(=O)O)C2)CCOC1. The van der Waals surface area contributed by atoms with Gasteiger partial charge >= 0.3 is 5.97 Å². The fourth-order valence-corrected chi connectivity index (χ4v) is 2.43. The van der Waals surface area contributed by atoms with Crippen LogP contribution in [0.2, 0.25) is 0 Å². The molecule has 17 heavy (non-hydrogen) atoms. The highest BCUT2D eigenvalue weighted by atomic mass is 16.5. The van der Waals surface area contributed by atoms with Crippen molar-refractivity contribution in [2.45, 2.75) is 24.8 Å². The number of hydrogen-bond donors (Lipinski definition) is 2. The highest BCUT2D eigenvalue weighted by Crippen LogP contribution is 2.23. The average molecular weight is 242 g/mol. The van der Waals surface area contributed by atoms with Gasteiger partial charge in [0.25, 0.3) is 0 Å². The molecule has 1 unspecified atom stereocenters. The molecule has 2 heterocycles. The highest BCUT2D eigenvalue weighted by Gasteiger charge is 2.42. The Morgan fingerprint density at radius 1 is 1.47 bits per heavy atom. The zero-order valence-corrected chi connectivity index (χ0v) is 9.72. The summed E-state index contributed by atoms with van der Waals surface area (Å²) >= 11 is 0. The number of rotatable bonds is 2. The molecule has 6 nitrogen and oxygen atoms in total. The van der Waals surface area contributed by atoms with E-state index in [0.29, 0.717) is 26.0 Å². The van der Waals surface area contributed by atoms with Gasteiger partial charge in [-0.1, -0.05) is 0 Å². The van der Waals surface area contributed by atoms with E-state index in [9.17, 15) is 9.59 Å². The largest absolute Gasteiger partial charge is 0.481 e. The van der Waals surface area contributed by atoms with E-state index in [1.165, 1.54) is 0 Å². The van der Waals surface area contributed by atoms with Crippen LogP contribution in [0.1, 0.15) is 19.3 Å².